The van der Waals surface area contributed by atoms with E-state index in [-0.39, 0.29) is 18.2 Å². The molecule has 2 N–H and O–H groups in total. The number of carbonyl (C=O) groups excluding carboxylic acids is 2. The van der Waals surface area contributed by atoms with Gasteiger partial charge in [0.1, 0.15) is 6.10 Å². The monoisotopic (exact) mass is 312 g/mol. The zero-order valence-electron chi connectivity index (χ0n) is 13.4. The van der Waals surface area contributed by atoms with Crippen molar-refractivity contribution >= 4 is 11.9 Å². The highest BCUT2D eigenvalue weighted by molar-refractivity contribution is 6.00. The second-order valence-electron chi connectivity index (χ2n) is 6.08. The summed E-state index contributed by atoms with van der Waals surface area (Å²) in [6.07, 6.45) is 3.87. The van der Waals surface area contributed by atoms with Crippen molar-refractivity contribution in [3.63, 3.8) is 0 Å². The van der Waals surface area contributed by atoms with Gasteiger partial charge in [0.2, 0.25) is 0 Å². The minimum absolute atomic E-state index is 0.0191. The highest BCUT2D eigenvalue weighted by Crippen LogP contribution is 2.42. The van der Waals surface area contributed by atoms with Gasteiger partial charge in [-0.05, 0) is 26.2 Å². The fraction of sp³-hybridized carbons (Fsp3) is 0.733. The molecular weight excluding hydrogens is 288 g/mol. The van der Waals surface area contributed by atoms with Crippen molar-refractivity contribution in [1.29, 1.82) is 0 Å². The predicted molar refractivity (Wildman–Crippen MR) is 78.8 cm³/mol. The average molecular weight is 312 g/mol. The number of fused-ring (bicyclic) bond motifs is 1. The molecule has 2 fully saturated rings. The van der Waals surface area contributed by atoms with Gasteiger partial charge in [-0.3, -0.25) is 10.1 Å². The van der Waals surface area contributed by atoms with Crippen molar-refractivity contribution in [2.24, 2.45) is 5.92 Å². The number of ether oxygens (including phenoxy) is 3. The summed E-state index contributed by atoms with van der Waals surface area (Å²) in [5, 5.41) is 5.03. The normalized spacial score (nSPS) is 32.7. The molecule has 4 atom stereocenters. The van der Waals surface area contributed by atoms with E-state index in [4.69, 9.17) is 9.47 Å². The molecule has 1 aliphatic heterocycles. The second-order valence-corrected chi connectivity index (χ2v) is 6.08. The van der Waals surface area contributed by atoms with Gasteiger partial charge in [-0.2, -0.15) is 0 Å². The van der Waals surface area contributed by atoms with Gasteiger partial charge in [-0.1, -0.05) is 13.3 Å². The van der Waals surface area contributed by atoms with Gasteiger partial charge >= 0.3 is 6.03 Å². The van der Waals surface area contributed by atoms with Crippen molar-refractivity contribution in [1.82, 2.24) is 10.6 Å². The van der Waals surface area contributed by atoms with Crippen molar-refractivity contribution in [2.45, 2.75) is 57.6 Å². The Labute approximate surface area is 130 Å². The van der Waals surface area contributed by atoms with Crippen molar-refractivity contribution in [3.8, 4) is 0 Å². The summed E-state index contributed by atoms with van der Waals surface area (Å²) >= 11 is 0. The third kappa shape index (κ3) is 3.78. The molecule has 22 heavy (non-hydrogen) atoms. The van der Waals surface area contributed by atoms with Crippen LogP contribution >= 0.6 is 0 Å². The summed E-state index contributed by atoms with van der Waals surface area (Å²) in [7, 11) is 1.42. The lowest BCUT2D eigenvalue weighted by molar-refractivity contribution is -0.158. The minimum atomic E-state index is -0.642. The first-order valence-electron chi connectivity index (χ1n) is 7.52. The zero-order chi connectivity index (χ0) is 16.3. The highest BCUT2D eigenvalue weighted by Gasteiger charge is 2.53. The molecule has 124 valence electrons. The van der Waals surface area contributed by atoms with Crippen LogP contribution in [0.2, 0.25) is 0 Å². The molecule has 2 rings (SSSR count). The largest absolute Gasteiger partial charge is 0.504 e. The molecule has 0 bridgehead atoms. The van der Waals surface area contributed by atoms with Gasteiger partial charge in [0.25, 0.3) is 5.91 Å². The molecule has 7 nitrogen and oxygen atoms in total. The number of imide groups is 1. The molecule has 3 amide bonds. The van der Waals surface area contributed by atoms with E-state index in [0.29, 0.717) is 5.92 Å². The van der Waals surface area contributed by atoms with E-state index in [9.17, 15) is 9.59 Å². The number of nitrogens with one attached hydrogen (secondary N) is 2. The molecule has 0 aromatic rings. The van der Waals surface area contributed by atoms with Crippen LogP contribution < -0.4 is 10.6 Å². The van der Waals surface area contributed by atoms with Gasteiger partial charge in [-0.25, -0.2) is 4.79 Å². The van der Waals surface area contributed by atoms with Crippen LogP contribution in [0.4, 0.5) is 4.79 Å². The van der Waals surface area contributed by atoms with Gasteiger partial charge < -0.3 is 19.5 Å². The Morgan fingerprint density at radius 1 is 1.32 bits per heavy atom. The molecule has 2 aliphatic rings. The molecule has 1 heterocycles. The van der Waals surface area contributed by atoms with Crippen LogP contribution in [0.5, 0.6) is 0 Å². The average Bonchev–Trinajstić information content (AvgIpc) is 2.90. The van der Waals surface area contributed by atoms with E-state index in [1.807, 2.05) is 13.8 Å². The number of methoxy groups -OCH3 is 1. The van der Waals surface area contributed by atoms with Crippen LogP contribution in [-0.2, 0) is 19.0 Å². The summed E-state index contributed by atoms with van der Waals surface area (Å²) in [4.78, 5) is 23.3. The maximum atomic E-state index is 11.9. The Morgan fingerprint density at radius 3 is 2.64 bits per heavy atom. The Hall–Kier alpha value is -1.60. The standard InChI is InChI=1S/C15H24N2O5/c1-5-9-8-10(13-12(9)21-15(2,3)22-13)16-14(19)17-11(18)6-7-20-4/h6-7,9-10,12-13H,5,8H2,1-4H3,(H2,16,17,18,19)/b7-6+/t9-,10+,12-,13?/m0/s1. The Bertz CT molecular complexity index is 463. The smallest absolute Gasteiger partial charge is 0.322 e. The Morgan fingerprint density at radius 2 is 2.00 bits per heavy atom. The second kappa shape index (κ2) is 6.66. The van der Waals surface area contributed by atoms with Gasteiger partial charge in [0.15, 0.2) is 5.79 Å². The topological polar surface area (TPSA) is 85.9 Å². The molecule has 0 aromatic heterocycles. The van der Waals surface area contributed by atoms with Crippen molar-refractivity contribution < 1.29 is 23.8 Å². The summed E-state index contributed by atoms with van der Waals surface area (Å²) in [5.41, 5.74) is 0. The quantitative estimate of drug-likeness (QED) is 0.603. The molecular formula is C15H24N2O5. The highest BCUT2D eigenvalue weighted by atomic mass is 16.8. The summed E-state index contributed by atoms with van der Waals surface area (Å²) in [6, 6.07) is -0.713. The maximum absolute atomic E-state index is 11.9. The van der Waals surface area contributed by atoms with Crippen molar-refractivity contribution in [3.05, 3.63) is 12.3 Å². The zero-order valence-corrected chi connectivity index (χ0v) is 13.4. The molecule has 0 aromatic carbocycles. The third-order valence-electron chi connectivity index (χ3n) is 4.01. The first-order chi connectivity index (χ1) is 10.4. The molecule has 1 saturated carbocycles. The number of hydrogen-bond donors (Lipinski definition) is 2. The molecule has 1 saturated heterocycles. The van der Waals surface area contributed by atoms with E-state index >= 15 is 0 Å². The minimum Gasteiger partial charge on any atom is -0.504 e. The maximum Gasteiger partial charge on any atom is 0.322 e. The van der Waals surface area contributed by atoms with E-state index < -0.39 is 17.7 Å². The fourth-order valence-electron chi connectivity index (χ4n) is 3.12. The van der Waals surface area contributed by atoms with Crippen LogP contribution in [0.1, 0.15) is 33.6 Å². The Kier molecular flexibility index (Phi) is 5.08. The molecule has 1 unspecified atom stereocenters. The van der Waals surface area contributed by atoms with Gasteiger partial charge in [0, 0.05) is 6.08 Å². The van der Waals surface area contributed by atoms with Gasteiger partial charge in [0.05, 0.1) is 25.5 Å². The van der Waals surface area contributed by atoms with Crippen molar-refractivity contribution in [2.75, 3.05) is 7.11 Å². The van der Waals surface area contributed by atoms with E-state index in [1.165, 1.54) is 13.4 Å². The number of rotatable bonds is 4. The molecule has 0 radical (unpaired) electrons. The lowest BCUT2D eigenvalue weighted by atomic mass is 10.0. The van der Waals surface area contributed by atoms with Gasteiger partial charge in [-0.15, -0.1) is 0 Å². The molecule has 0 spiro atoms. The predicted octanol–water partition coefficient (Wildman–Crippen LogP) is 1.29. The summed E-state index contributed by atoms with van der Waals surface area (Å²) in [5.74, 6) is -0.845. The van der Waals surface area contributed by atoms with Crippen LogP contribution in [0.25, 0.3) is 0 Å². The first kappa shape index (κ1) is 16.8. The SMILES string of the molecule is CC[C@H]1C[C@@H](NC(=O)NC(=O)/C=C/OC)C2OC(C)(C)O[C@H]21. The first-order valence-corrected chi connectivity index (χ1v) is 7.52. The van der Waals surface area contributed by atoms with E-state index in [0.717, 1.165) is 18.9 Å². The lowest BCUT2D eigenvalue weighted by Crippen LogP contribution is -2.48. The number of carbonyl (C=O) groups is 2. The molecule has 1 aliphatic carbocycles. The van der Waals surface area contributed by atoms with Crippen LogP contribution in [0.3, 0.4) is 0 Å². The number of amides is 3. The third-order valence-corrected chi connectivity index (χ3v) is 4.01. The van der Waals surface area contributed by atoms with E-state index in [1.54, 1.807) is 0 Å². The number of urea groups is 1. The molecule has 7 heteroatoms. The lowest BCUT2D eigenvalue weighted by Gasteiger charge is -2.23. The fourth-order valence-corrected chi connectivity index (χ4v) is 3.12. The Balaban J connectivity index is 1.93. The number of hydrogen-bond acceptors (Lipinski definition) is 5. The van der Waals surface area contributed by atoms with Crippen LogP contribution in [-0.4, -0.2) is 43.1 Å². The van der Waals surface area contributed by atoms with Crippen LogP contribution in [0.15, 0.2) is 12.3 Å². The van der Waals surface area contributed by atoms with E-state index in [2.05, 4.69) is 22.3 Å². The summed E-state index contributed by atoms with van der Waals surface area (Å²) in [6.45, 7) is 5.83. The van der Waals surface area contributed by atoms with Crippen LogP contribution in [0, 0.1) is 5.92 Å². The summed E-state index contributed by atoms with van der Waals surface area (Å²) < 4.78 is 16.5.